The first-order valence-electron chi connectivity index (χ1n) is 4.61. The van der Waals surface area contributed by atoms with E-state index in [2.05, 4.69) is 6.92 Å². The standard InChI is InChI=1S/C11H14F2/c1-2-3-4-9-5-7-10(8-6-9)11(12)13/h5-8,11H,2-4H2,1H3. The fraction of sp³-hybridized carbons (Fsp3) is 0.455. The zero-order valence-corrected chi connectivity index (χ0v) is 7.76. The van der Waals surface area contributed by atoms with Crippen LogP contribution in [0.3, 0.4) is 0 Å². The number of aryl methyl sites for hydroxylation is 1. The van der Waals surface area contributed by atoms with Gasteiger partial charge in [-0.05, 0) is 18.4 Å². The molecule has 0 nitrogen and oxygen atoms in total. The van der Waals surface area contributed by atoms with E-state index in [9.17, 15) is 8.78 Å². The van der Waals surface area contributed by atoms with Crippen molar-refractivity contribution in [2.75, 3.05) is 0 Å². The van der Waals surface area contributed by atoms with Crippen LogP contribution in [0.2, 0.25) is 0 Å². The van der Waals surface area contributed by atoms with Crippen LogP contribution in [0, 0.1) is 0 Å². The fourth-order valence-electron chi connectivity index (χ4n) is 1.21. The van der Waals surface area contributed by atoms with Gasteiger partial charge in [0.25, 0.3) is 6.43 Å². The number of rotatable bonds is 4. The molecule has 0 bridgehead atoms. The number of hydrogen-bond donors (Lipinski definition) is 0. The molecule has 0 aromatic heterocycles. The van der Waals surface area contributed by atoms with Crippen molar-refractivity contribution in [3.8, 4) is 0 Å². The van der Waals surface area contributed by atoms with E-state index in [1.54, 1.807) is 12.1 Å². The first-order chi connectivity index (χ1) is 6.24. The van der Waals surface area contributed by atoms with E-state index >= 15 is 0 Å². The molecule has 13 heavy (non-hydrogen) atoms. The van der Waals surface area contributed by atoms with Gasteiger partial charge in [-0.3, -0.25) is 0 Å². The number of alkyl halides is 2. The van der Waals surface area contributed by atoms with Gasteiger partial charge in [0, 0.05) is 5.56 Å². The number of benzene rings is 1. The average molecular weight is 184 g/mol. The minimum Gasteiger partial charge on any atom is -0.205 e. The second-order valence-corrected chi connectivity index (χ2v) is 3.15. The lowest BCUT2D eigenvalue weighted by atomic mass is 10.1. The topological polar surface area (TPSA) is 0 Å². The second kappa shape index (κ2) is 4.95. The molecule has 0 fully saturated rings. The Morgan fingerprint density at radius 1 is 1.15 bits per heavy atom. The van der Waals surface area contributed by atoms with Crippen molar-refractivity contribution in [1.82, 2.24) is 0 Å². The number of unbranched alkanes of at least 4 members (excludes halogenated alkanes) is 1. The highest BCUT2D eigenvalue weighted by Crippen LogP contribution is 2.19. The molecule has 0 saturated carbocycles. The minimum absolute atomic E-state index is 0.111. The van der Waals surface area contributed by atoms with Gasteiger partial charge in [-0.2, -0.15) is 0 Å². The predicted octanol–water partition coefficient (Wildman–Crippen LogP) is 3.97. The van der Waals surface area contributed by atoms with Gasteiger partial charge in [0.15, 0.2) is 0 Å². The summed E-state index contributed by atoms with van der Waals surface area (Å²) in [7, 11) is 0. The first kappa shape index (κ1) is 10.2. The van der Waals surface area contributed by atoms with Gasteiger partial charge in [0.1, 0.15) is 0 Å². The third-order valence-corrected chi connectivity index (χ3v) is 2.05. The molecule has 1 rings (SSSR count). The summed E-state index contributed by atoms with van der Waals surface area (Å²) in [5.41, 5.74) is 1.26. The molecule has 0 aliphatic heterocycles. The molecule has 0 amide bonds. The molecule has 0 saturated heterocycles. The molecule has 0 spiro atoms. The van der Waals surface area contributed by atoms with Crippen molar-refractivity contribution in [3.05, 3.63) is 35.4 Å². The molecule has 0 N–H and O–H groups in total. The van der Waals surface area contributed by atoms with Gasteiger partial charge in [-0.1, -0.05) is 37.6 Å². The lowest BCUT2D eigenvalue weighted by molar-refractivity contribution is 0.151. The second-order valence-electron chi connectivity index (χ2n) is 3.15. The summed E-state index contributed by atoms with van der Waals surface area (Å²) in [6, 6.07) is 6.60. The lowest BCUT2D eigenvalue weighted by Gasteiger charge is -2.02. The Bertz CT molecular complexity index is 239. The molecular weight excluding hydrogens is 170 g/mol. The average Bonchev–Trinajstić information content (AvgIpc) is 2.15. The number of halogens is 2. The van der Waals surface area contributed by atoms with E-state index in [0.717, 1.165) is 24.8 Å². The van der Waals surface area contributed by atoms with Gasteiger partial charge < -0.3 is 0 Å². The Kier molecular flexibility index (Phi) is 3.87. The summed E-state index contributed by atoms with van der Waals surface area (Å²) in [4.78, 5) is 0. The molecule has 0 aliphatic carbocycles. The van der Waals surface area contributed by atoms with Crippen molar-refractivity contribution in [2.45, 2.75) is 32.6 Å². The van der Waals surface area contributed by atoms with Crippen LogP contribution >= 0.6 is 0 Å². The quantitative estimate of drug-likeness (QED) is 0.664. The van der Waals surface area contributed by atoms with Crippen LogP contribution in [0.15, 0.2) is 24.3 Å². The Morgan fingerprint density at radius 2 is 1.77 bits per heavy atom. The van der Waals surface area contributed by atoms with Crippen molar-refractivity contribution in [1.29, 1.82) is 0 Å². The van der Waals surface area contributed by atoms with Crippen LogP contribution in [-0.2, 0) is 6.42 Å². The fourth-order valence-corrected chi connectivity index (χ4v) is 1.21. The summed E-state index contributed by atoms with van der Waals surface area (Å²) in [5.74, 6) is 0. The van der Waals surface area contributed by atoms with Crippen molar-refractivity contribution >= 4 is 0 Å². The molecule has 1 aromatic rings. The van der Waals surface area contributed by atoms with E-state index < -0.39 is 6.43 Å². The summed E-state index contributed by atoms with van der Waals surface area (Å²) in [6.45, 7) is 2.12. The highest BCUT2D eigenvalue weighted by molar-refractivity contribution is 5.23. The van der Waals surface area contributed by atoms with Crippen molar-refractivity contribution < 1.29 is 8.78 Å². The smallest absolute Gasteiger partial charge is 0.205 e. The Labute approximate surface area is 77.6 Å². The molecule has 0 heterocycles. The maximum atomic E-state index is 12.2. The summed E-state index contributed by atoms with van der Waals surface area (Å²) < 4.78 is 24.3. The molecule has 72 valence electrons. The van der Waals surface area contributed by atoms with Crippen LogP contribution in [0.4, 0.5) is 8.78 Å². The monoisotopic (exact) mass is 184 g/mol. The van der Waals surface area contributed by atoms with Gasteiger partial charge in [0.2, 0.25) is 0 Å². The largest absolute Gasteiger partial charge is 0.263 e. The highest BCUT2D eigenvalue weighted by Gasteiger charge is 2.05. The molecule has 0 atom stereocenters. The van der Waals surface area contributed by atoms with E-state index in [-0.39, 0.29) is 5.56 Å². The third-order valence-electron chi connectivity index (χ3n) is 2.05. The maximum absolute atomic E-state index is 12.2. The zero-order valence-electron chi connectivity index (χ0n) is 7.76. The van der Waals surface area contributed by atoms with Crippen LogP contribution in [0.25, 0.3) is 0 Å². The molecule has 2 heteroatoms. The van der Waals surface area contributed by atoms with E-state index in [4.69, 9.17) is 0 Å². The summed E-state index contributed by atoms with van der Waals surface area (Å²) >= 11 is 0. The Morgan fingerprint density at radius 3 is 2.23 bits per heavy atom. The highest BCUT2D eigenvalue weighted by atomic mass is 19.3. The van der Waals surface area contributed by atoms with Gasteiger partial charge >= 0.3 is 0 Å². The Hall–Kier alpha value is -0.920. The van der Waals surface area contributed by atoms with Crippen LogP contribution in [0.1, 0.15) is 37.3 Å². The van der Waals surface area contributed by atoms with Crippen LogP contribution in [0.5, 0.6) is 0 Å². The minimum atomic E-state index is -2.35. The zero-order chi connectivity index (χ0) is 9.68. The first-order valence-corrected chi connectivity index (χ1v) is 4.61. The van der Waals surface area contributed by atoms with Crippen molar-refractivity contribution in [2.24, 2.45) is 0 Å². The molecule has 0 unspecified atom stereocenters. The molecular formula is C11H14F2. The van der Waals surface area contributed by atoms with Gasteiger partial charge in [-0.25, -0.2) is 8.78 Å². The molecule has 0 aliphatic rings. The molecule has 1 aromatic carbocycles. The summed E-state index contributed by atoms with van der Waals surface area (Å²) in [5, 5.41) is 0. The van der Waals surface area contributed by atoms with Gasteiger partial charge in [0.05, 0.1) is 0 Å². The van der Waals surface area contributed by atoms with Crippen LogP contribution < -0.4 is 0 Å². The summed E-state index contributed by atoms with van der Waals surface area (Å²) in [6.07, 6.45) is 0.894. The van der Waals surface area contributed by atoms with Crippen molar-refractivity contribution in [3.63, 3.8) is 0 Å². The van der Waals surface area contributed by atoms with Crippen LogP contribution in [-0.4, -0.2) is 0 Å². The third kappa shape index (κ3) is 3.13. The SMILES string of the molecule is CCCCc1ccc(C(F)F)cc1. The normalized spacial score (nSPS) is 10.8. The van der Waals surface area contributed by atoms with E-state index in [0.29, 0.717) is 0 Å². The Balaban J connectivity index is 2.59. The van der Waals surface area contributed by atoms with E-state index in [1.165, 1.54) is 12.1 Å². The predicted molar refractivity (Wildman–Crippen MR) is 50.0 cm³/mol. The maximum Gasteiger partial charge on any atom is 0.263 e. The van der Waals surface area contributed by atoms with E-state index in [1.807, 2.05) is 0 Å². The lowest BCUT2D eigenvalue weighted by Crippen LogP contribution is -1.87. The number of hydrogen-bond acceptors (Lipinski definition) is 0. The molecule has 0 radical (unpaired) electrons. The van der Waals surface area contributed by atoms with Gasteiger partial charge in [-0.15, -0.1) is 0 Å².